The predicted molar refractivity (Wildman–Crippen MR) is 42.4 cm³/mol. The average Bonchev–Trinajstić information content (AvgIpc) is 1.85. The largest absolute Gasteiger partial charge is 0.424 e. The Morgan fingerprint density at radius 1 is 1.25 bits per heavy atom. The molecule has 0 aromatic heterocycles. The van der Waals surface area contributed by atoms with Crippen LogP contribution in [0.5, 0.6) is 0 Å². The molecule has 0 rings (SSSR count). The van der Waals surface area contributed by atoms with Crippen molar-refractivity contribution in [2.75, 3.05) is 0 Å². The van der Waals surface area contributed by atoms with Crippen molar-refractivity contribution in [1.29, 1.82) is 0 Å². The maximum absolute atomic E-state index is 11.9. The summed E-state index contributed by atoms with van der Waals surface area (Å²) in [5.74, 6) is 1.59. The molecule has 3 heteroatoms. The fraction of sp³-hybridized carbons (Fsp3) is 0.333. The van der Waals surface area contributed by atoms with Gasteiger partial charge in [-0.05, 0) is 19.9 Å². The standard InChI is InChI=1S/C9H9F3/c1-4-8(9(10,11)12)6-5-7(2)3/h1,5-6H,2-3H3/b8-6+. The molecule has 0 aliphatic heterocycles. The monoisotopic (exact) mass is 174 g/mol. The number of allylic oxidation sites excluding steroid dienone is 4. The van der Waals surface area contributed by atoms with Crippen LogP contribution >= 0.6 is 0 Å². The summed E-state index contributed by atoms with van der Waals surface area (Å²) in [7, 11) is 0. The Morgan fingerprint density at radius 2 is 1.75 bits per heavy atom. The van der Waals surface area contributed by atoms with Gasteiger partial charge in [-0.3, -0.25) is 0 Å². The fourth-order valence-corrected chi connectivity index (χ4v) is 0.474. The minimum atomic E-state index is -4.42. The van der Waals surface area contributed by atoms with Gasteiger partial charge in [-0.1, -0.05) is 17.6 Å². The van der Waals surface area contributed by atoms with Crippen LogP contribution in [0.1, 0.15) is 13.8 Å². The van der Waals surface area contributed by atoms with E-state index in [9.17, 15) is 13.2 Å². The molecule has 0 heterocycles. The highest BCUT2D eigenvalue weighted by atomic mass is 19.4. The third-order valence-corrected chi connectivity index (χ3v) is 1.04. The molecule has 0 radical (unpaired) electrons. The van der Waals surface area contributed by atoms with Gasteiger partial charge in [0.25, 0.3) is 0 Å². The zero-order valence-electron chi connectivity index (χ0n) is 6.87. The van der Waals surface area contributed by atoms with Gasteiger partial charge in [0, 0.05) is 0 Å². The van der Waals surface area contributed by atoms with Gasteiger partial charge >= 0.3 is 6.18 Å². The molecule has 0 N–H and O–H groups in total. The van der Waals surface area contributed by atoms with E-state index in [-0.39, 0.29) is 0 Å². The Morgan fingerprint density at radius 3 is 2.00 bits per heavy atom. The van der Waals surface area contributed by atoms with E-state index in [1.807, 2.05) is 0 Å². The van der Waals surface area contributed by atoms with Gasteiger partial charge < -0.3 is 0 Å². The maximum Gasteiger partial charge on any atom is 0.424 e. The molecule has 0 atom stereocenters. The minimum absolute atomic E-state index is 0.770. The molecule has 0 amide bonds. The number of terminal acetylenes is 1. The van der Waals surface area contributed by atoms with Gasteiger partial charge in [-0.25, -0.2) is 0 Å². The lowest BCUT2D eigenvalue weighted by atomic mass is 10.2. The van der Waals surface area contributed by atoms with E-state index in [1.165, 1.54) is 6.08 Å². The molecule has 66 valence electrons. The lowest BCUT2D eigenvalue weighted by molar-refractivity contribution is -0.0871. The van der Waals surface area contributed by atoms with Crippen LogP contribution in [-0.2, 0) is 0 Å². The summed E-state index contributed by atoms with van der Waals surface area (Å²) in [5.41, 5.74) is -0.185. The second-order valence-corrected chi connectivity index (χ2v) is 2.47. The number of rotatable bonds is 1. The van der Waals surface area contributed by atoms with Crippen LogP contribution in [-0.4, -0.2) is 6.18 Å². The lowest BCUT2D eigenvalue weighted by Crippen LogP contribution is -2.09. The van der Waals surface area contributed by atoms with E-state index in [0.29, 0.717) is 0 Å². The number of halogens is 3. The molecule has 0 fully saturated rings. The highest BCUT2D eigenvalue weighted by Gasteiger charge is 2.31. The Kier molecular flexibility index (Phi) is 3.62. The van der Waals surface area contributed by atoms with Crippen molar-refractivity contribution >= 4 is 0 Å². The molecule has 0 unspecified atom stereocenters. The number of hydrogen-bond donors (Lipinski definition) is 0. The van der Waals surface area contributed by atoms with Gasteiger partial charge in [0.1, 0.15) is 5.57 Å². The van der Waals surface area contributed by atoms with E-state index in [2.05, 4.69) is 6.42 Å². The normalized spacial score (nSPS) is 12.2. The summed E-state index contributed by atoms with van der Waals surface area (Å²) < 4.78 is 35.8. The van der Waals surface area contributed by atoms with Crippen molar-refractivity contribution < 1.29 is 13.2 Å². The summed E-state index contributed by atoms with van der Waals surface area (Å²) >= 11 is 0. The Hall–Kier alpha value is -1.17. The first kappa shape index (κ1) is 10.8. The average molecular weight is 174 g/mol. The van der Waals surface area contributed by atoms with Crippen LogP contribution in [0, 0.1) is 12.3 Å². The van der Waals surface area contributed by atoms with Crippen LogP contribution < -0.4 is 0 Å². The SMILES string of the molecule is C#C/C(=C\C=C(C)C)C(F)(F)F. The van der Waals surface area contributed by atoms with Crippen LogP contribution in [0.15, 0.2) is 23.3 Å². The van der Waals surface area contributed by atoms with E-state index >= 15 is 0 Å². The van der Waals surface area contributed by atoms with Gasteiger partial charge in [-0.2, -0.15) is 13.2 Å². The number of alkyl halides is 3. The van der Waals surface area contributed by atoms with Crippen molar-refractivity contribution in [3.8, 4) is 12.3 Å². The summed E-state index contributed by atoms with van der Waals surface area (Å²) in [5, 5.41) is 0. The van der Waals surface area contributed by atoms with Crippen LogP contribution in [0.2, 0.25) is 0 Å². The molecular weight excluding hydrogens is 165 g/mol. The molecule has 0 spiro atoms. The molecule has 0 saturated heterocycles. The molecule has 0 nitrogen and oxygen atoms in total. The predicted octanol–water partition coefficient (Wildman–Crippen LogP) is 3.07. The molecule has 0 aliphatic carbocycles. The van der Waals surface area contributed by atoms with E-state index in [1.54, 1.807) is 19.8 Å². The minimum Gasteiger partial charge on any atom is -0.165 e. The first-order valence-electron chi connectivity index (χ1n) is 3.27. The smallest absolute Gasteiger partial charge is 0.165 e. The van der Waals surface area contributed by atoms with Gasteiger partial charge in [-0.15, -0.1) is 6.42 Å². The van der Waals surface area contributed by atoms with E-state index in [4.69, 9.17) is 0 Å². The summed E-state index contributed by atoms with van der Waals surface area (Å²) in [6.45, 7) is 3.39. The van der Waals surface area contributed by atoms with Gasteiger partial charge in [0.15, 0.2) is 0 Å². The van der Waals surface area contributed by atoms with Crippen molar-refractivity contribution in [2.24, 2.45) is 0 Å². The maximum atomic E-state index is 11.9. The third kappa shape index (κ3) is 3.87. The zero-order valence-corrected chi connectivity index (χ0v) is 6.87. The zero-order chi connectivity index (χ0) is 9.78. The summed E-state index contributed by atoms with van der Waals surface area (Å²) in [6.07, 6.45) is 2.50. The highest BCUT2D eigenvalue weighted by Crippen LogP contribution is 2.24. The van der Waals surface area contributed by atoms with E-state index in [0.717, 1.165) is 11.6 Å². The molecular formula is C9H9F3. The Labute approximate surface area is 69.8 Å². The second kappa shape index (κ2) is 4.01. The lowest BCUT2D eigenvalue weighted by Gasteiger charge is -2.03. The number of hydrogen-bond acceptors (Lipinski definition) is 0. The topological polar surface area (TPSA) is 0 Å². The van der Waals surface area contributed by atoms with Crippen LogP contribution in [0.25, 0.3) is 0 Å². The van der Waals surface area contributed by atoms with Crippen molar-refractivity contribution in [3.63, 3.8) is 0 Å². The van der Waals surface area contributed by atoms with Crippen molar-refractivity contribution in [2.45, 2.75) is 20.0 Å². The van der Waals surface area contributed by atoms with Crippen molar-refractivity contribution in [3.05, 3.63) is 23.3 Å². The first-order valence-corrected chi connectivity index (χ1v) is 3.27. The Bertz CT molecular complexity index is 244. The first-order chi connectivity index (χ1) is 5.38. The third-order valence-electron chi connectivity index (χ3n) is 1.04. The van der Waals surface area contributed by atoms with Crippen LogP contribution in [0.3, 0.4) is 0 Å². The molecule has 0 bridgehead atoms. The molecule has 12 heavy (non-hydrogen) atoms. The quantitative estimate of drug-likeness (QED) is 0.423. The second-order valence-electron chi connectivity index (χ2n) is 2.47. The molecule has 0 aromatic rings. The van der Waals surface area contributed by atoms with E-state index < -0.39 is 11.7 Å². The molecule has 0 saturated carbocycles. The van der Waals surface area contributed by atoms with Crippen LogP contribution in [0.4, 0.5) is 13.2 Å². The molecule has 0 aromatic carbocycles. The highest BCUT2D eigenvalue weighted by molar-refractivity contribution is 5.33. The summed E-state index contributed by atoms with van der Waals surface area (Å²) in [6, 6.07) is 0. The van der Waals surface area contributed by atoms with Crippen molar-refractivity contribution in [1.82, 2.24) is 0 Å². The Balaban J connectivity index is 4.72. The fourth-order valence-electron chi connectivity index (χ4n) is 0.474. The molecule has 0 aliphatic rings. The van der Waals surface area contributed by atoms with Gasteiger partial charge in [0.05, 0.1) is 0 Å². The van der Waals surface area contributed by atoms with Gasteiger partial charge in [0.2, 0.25) is 0 Å². The summed E-state index contributed by atoms with van der Waals surface area (Å²) in [4.78, 5) is 0.